The average Bonchev–Trinajstić information content (AvgIpc) is 3.03. The van der Waals surface area contributed by atoms with Crippen molar-refractivity contribution in [3.63, 3.8) is 0 Å². The molecule has 1 aliphatic heterocycles. The van der Waals surface area contributed by atoms with Gasteiger partial charge in [-0.3, -0.25) is 0 Å². The summed E-state index contributed by atoms with van der Waals surface area (Å²) >= 11 is 0. The molecule has 5 nitrogen and oxygen atoms in total. The number of benzene rings is 1. The molecule has 5 heteroatoms. The highest BCUT2D eigenvalue weighted by molar-refractivity contribution is 5.84. The number of H-pyrrole nitrogens is 1. The maximum atomic E-state index is 11.4. The van der Waals surface area contributed by atoms with Crippen LogP contribution in [0.15, 0.2) is 24.4 Å². The fraction of sp³-hybridized carbons (Fsp3) is 0.471. The fourth-order valence-corrected chi connectivity index (χ4v) is 2.90. The normalized spacial score (nSPS) is 18.5. The lowest BCUT2D eigenvalue weighted by Crippen LogP contribution is -2.31. The van der Waals surface area contributed by atoms with Crippen molar-refractivity contribution in [1.29, 1.82) is 0 Å². The van der Waals surface area contributed by atoms with E-state index in [1.807, 2.05) is 0 Å². The van der Waals surface area contributed by atoms with Crippen molar-refractivity contribution < 1.29 is 9.53 Å². The van der Waals surface area contributed by atoms with Crippen molar-refractivity contribution >= 4 is 17.0 Å². The number of carbonyl (C=O) groups is 1. The number of hydrogen-bond donors (Lipinski definition) is 1. The summed E-state index contributed by atoms with van der Waals surface area (Å²) in [5.74, 6) is 0. The summed E-state index contributed by atoms with van der Waals surface area (Å²) in [5.41, 5.74) is 3.76. The molecule has 1 aromatic heterocycles. The summed E-state index contributed by atoms with van der Waals surface area (Å²) in [6.45, 7) is 1.51. The standard InChI is InChI=1S/C17H23N3O2/c1-19(2)7-6-13-10-18-16-5-4-12(9-15(13)16)8-14-11-22-17(21)20(14)3/h4-5,9-10,14,18H,6-8,11H2,1-3H3/t14-/m0/s1. The van der Waals surface area contributed by atoms with E-state index in [-0.39, 0.29) is 12.1 Å². The van der Waals surface area contributed by atoms with Crippen LogP contribution >= 0.6 is 0 Å². The van der Waals surface area contributed by atoms with Crippen molar-refractivity contribution in [2.75, 3.05) is 34.3 Å². The summed E-state index contributed by atoms with van der Waals surface area (Å²) in [7, 11) is 5.98. The number of ether oxygens (including phenoxy) is 1. The monoisotopic (exact) mass is 301 g/mol. The van der Waals surface area contributed by atoms with Crippen LogP contribution in [0.25, 0.3) is 10.9 Å². The van der Waals surface area contributed by atoms with Gasteiger partial charge in [-0.1, -0.05) is 6.07 Å². The van der Waals surface area contributed by atoms with E-state index in [4.69, 9.17) is 4.74 Å². The van der Waals surface area contributed by atoms with Crippen LogP contribution in [-0.4, -0.2) is 61.2 Å². The zero-order chi connectivity index (χ0) is 15.7. The van der Waals surface area contributed by atoms with Gasteiger partial charge in [0, 0.05) is 30.7 Å². The van der Waals surface area contributed by atoms with Crippen LogP contribution in [0.1, 0.15) is 11.1 Å². The molecule has 1 aromatic carbocycles. The minimum absolute atomic E-state index is 0.133. The fourth-order valence-electron chi connectivity index (χ4n) is 2.90. The molecule has 1 saturated heterocycles. The van der Waals surface area contributed by atoms with E-state index >= 15 is 0 Å². The van der Waals surface area contributed by atoms with Crippen molar-refractivity contribution in [3.8, 4) is 0 Å². The first-order chi connectivity index (χ1) is 10.5. The van der Waals surface area contributed by atoms with Gasteiger partial charge >= 0.3 is 6.09 Å². The molecule has 1 atom stereocenters. The third-order valence-electron chi connectivity index (χ3n) is 4.37. The maximum Gasteiger partial charge on any atom is 0.409 e. The molecule has 2 aromatic rings. The minimum Gasteiger partial charge on any atom is -0.447 e. The van der Waals surface area contributed by atoms with Gasteiger partial charge in [-0.05, 0) is 50.2 Å². The molecule has 0 spiro atoms. The molecule has 0 unspecified atom stereocenters. The maximum absolute atomic E-state index is 11.4. The molecule has 0 saturated carbocycles. The molecule has 0 bridgehead atoms. The van der Waals surface area contributed by atoms with Gasteiger partial charge < -0.3 is 19.5 Å². The summed E-state index contributed by atoms with van der Waals surface area (Å²) < 4.78 is 5.09. The van der Waals surface area contributed by atoms with Gasteiger partial charge in [-0.2, -0.15) is 0 Å². The summed E-state index contributed by atoms with van der Waals surface area (Å²) in [6, 6.07) is 6.63. The van der Waals surface area contributed by atoms with Gasteiger partial charge in [0.2, 0.25) is 0 Å². The number of carbonyl (C=O) groups excluding carboxylic acids is 1. The van der Waals surface area contributed by atoms with Gasteiger partial charge in [0.25, 0.3) is 0 Å². The Morgan fingerprint density at radius 1 is 1.41 bits per heavy atom. The first kappa shape index (κ1) is 14.9. The Morgan fingerprint density at radius 2 is 2.23 bits per heavy atom. The van der Waals surface area contributed by atoms with E-state index in [0.717, 1.165) is 19.4 Å². The molecule has 2 heterocycles. The van der Waals surface area contributed by atoms with Crippen LogP contribution in [0.4, 0.5) is 4.79 Å². The van der Waals surface area contributed by atoms with E-state index < -0.39 is 0 Å². The Balaban J connectivity index is 1.79. The number of fused-ring (bicyclic) bond motifs is 1. The average molecular weight is 301 g/mol. The Morgan fingerprint density at radius 3 is 2.91 bits per heavy atom. The van der Waals surface area contributed by atoms with Gasteiger partial charge in [0.15, 0.2) is 0 Å². The highest BCUT2D eigenvalue weighted by Crippen LogP contribution is 2.23. The molecular weight excluding hydrogens is 278 g/mol. The second kappa shape index (κ2) is 6.01. The van der Waals surface area contributed by atoms with Crippen LogP contribution < -0.4 is 0 Å². The second-order valence-corrected chi connectivity index (χ2v) is 6.29. The van der Waals surface area contributed by atoms with Gasteiger partial charge in [0.05, 0.1) is 6.04 Å². The van der Waals surface area contributed by atoms with Crippen LogP contribution in [0.3, 0.4) is 0 Å². The van der Waals surface area contributed by atoms with Crippen LogP contribution in [0, 0.1) is 0 Å². The number of rotatable bonds is 5. The first-order valence-electron chi connectivity index (χ1n) is 7.68. The third kappa shape index (κ3) is 2.95. The largest absolute Gasteiger partial charge is 0.447 e. The zero-order valence-corrected chi connectivity index (χ0v) is 13.4. The number of amides is 1. The zero-order valence-electron chi connectivity index (χ0n) is 13.4. The van der Waals surface area contributed by atoms with E-state index in [1.165, 1.54) is 22.0 Å². The van der Waals surface area contributed by atoms with Crippen molar-refractivity contribution in [3.05, 3.63) is 35.5 Å². The lowest BCUT2D eigenvalue weighted by Gasteiger charge is -2.16. The number of aromatic amines is 1. The Hall–Kier alpha value is -2.01. The molecule has 22 heavy (non-hydrogen) atoms. The lowest BCUT2D eigenvalue weighted by atomic mass is 10.0. The smallest absolute Gasteiger partial charge is 0.409 e. The van der Waals surface area contributed by atoms with Crippen LogP contribution in [0.2, 0.25) is 0 Å². The Bertz CT molecular complexity index is 678. The quantitative estimate of drug-likeness (QED) is 0.921. The number of cyclic esters (lactones) is 1. The van der Waals surface area contributed by atoms with Gasteiger partial charge in [0.1, 0.15) is 6.61 Å². The SMILES string of the molecule is CN(C)CCc1c[nH]c2ccc(C[C@H]3COC(=O)N3C)cc12. The predicted molar refractivity (Wildman–Crippen MR) is 87.2 cm³/mol. The van der Waals surface area contributed by atoms with Crippen LogP contribution in [0.5, 0.6) is 0 Å². The molecule has 3 rings (SSSR count). The molecular formula is C17H23N3O2. The van der Waals surface area contributed by atoms with E-state index in [9.17, 15) is 4.79 Å². The summed E-state index contributed by atoms with van der Waals surface area (Å²) in [6.07, 6.45) is 3.74. The molecule has 1 amide bonds. The molecule has 118 valence electrons. The predicted octanol–water partition coefficient (Wildman–Crippen LogP) is 2.27. The lowest BCUT2D eigenvalue weighted by molar-refractivity contribution is 0.163. The van der Waals surface area contributed by atoms with Crippen molar-refractivity contribution in [2.24, 2.45) is 0 Å². The Kier molecular flexibility index (Phi) is 4.07. The Labute approximate surface area is 130 Å². The third-order valence-corrected chi connectivity index (χ3v) is 4.37. The molecule has 0 aliphatic carbocycles. The van der Waals surface area contributed by atoms with Crippen LogP contribution in [-0.2, 0) is 17.6 Å². The molecule has 1 fully saturated rings. The van der Waals surface area contributed by atoms with E-state index in [2.05, 4.69) is 48.4 Å². The number of likely N-dealkylation sites (N-methyl/N-ethyl adjacent to an activating group) is 2. The first-order valence-corrected chi connectivity index (χ1v) is 7.68. The number of nitrogens with one attached hydrogen (secondary N) is 1. The number of aromatic nitrogens is 1. The summed E-state index contributed by atoms with van der Waals surface area (Å²) in [5, 5.41) is 1.28. The summed E-state index contributed by atoms with van der Waals surface area (Å²) in [4.78, 5) is 18.7. The molecule has 1 aliphatic rings. The van der Waals surface area contributed by atoms with E-state index in [0.29, 0.717) is 6.61 Å². The van der Waals surface area contributed by atoms with Crippen molar-refractivity contribution in [1.82, 2.24) is 14.8 Å². The second-order valence-electron chi connectivity index (χ2n) is 6.29. The minimum atomic E-state index is -0.223. The highest BCUT2D eigenvalue weighted by Gasteiger charge is 2.29. The topological polar surface area (TPSA) is 48.6 Å². The highest BCUT2D eigenvalue weighted by atomic mass is 16.6. The van der Waals surface area contributed by atoms with Crippen molar-refractivity contribution in [2.45, 2.75) is 18.9 Å². The van der Waals surface area contributed by atoms with Gasteiger partial charge in [-0.15, -0.1) is 0 Å². The van der Waals surface area contributed by atoms with Gasteiger partial charge in [-0.25, -0.2) is 4.79 Å². The molecule has 0 radical (unpaired) electrons. The number of hydrogen-bond acceptors (Lipinski definition) is 3. The number of nitrogens with zero attached hydrogens (tertiary/aromatic N) is 2. The van der Waals surface area contributed by atoms with E-state index in [1.54, 1.807) is 11.9 Å². The molecule has 1 N–H and O–H groups in total.